The number of carbonyl (C=O) groups is 1. The summed E-state index contributed by atoms with van der Waals surface area (Å²) in [6.45, 7) is -0.0698. The summed E-state index contributed by atoms with van der Waals surface area (Å²) >= 11 is 0. The van der Waals surface area contributed by atoms with Crippen molar-refractivity contribution in [1.82, 2.24) is 5.32 Å². The molecule has 0 aliphatic heterocycles. The predicted molar refractivity (Wildman–Crippen MR) is 36.8 cm³/mol. The van der Waals surface area contributed by atoms with Crippen LogP contribution in [0.4, 0.5) is 0 Å². The molecule has 0 saturated carbocycles. The minimum atomic E-state index is -0.123. The van der Waals surface area contributed by atoms with Crippen LogP contribution in [0.5, 0.6) is 0 Å². The molecule has 0 unspecified atom stereocenters. The van der Waals surface area contributed by atoms with Gasteiger partial charge in [-0.3, -0.25) is 9.95 Å². The van der Waals surface area contributed by atoms with Gasteiger partial charge in [0.2, 0.25) is 5.91 Å². The van der Waals surface area contributed by atoms with Gasteiger partial charge in [-0.05, 0) is 9.03 Å². The van der Waals surface area contributed by atoms with Crippen LogP contribution in [0.3, 0.4) is 0 Å². The standard InChI is InChI=1S/C4H9NO2.H2NP/c1-5-4(7)2-3-6;1-2/h6H,2-3H2,1H3,(H,5,7);1-2H/i/hD. The molecule has 0 radical (unpaired) electrons. The maximum atomic E-state index is 10.1. The van der Waals surface area contributed by atoms with E-state index in [9.17, 15) is 4.79 Å². The Hall–Kier alpha value is -0.470. The first kappa shape index (κ1) is 8.53. The molecular formula is C4H11N2O2P. The van der Waals surface area contributed by atoms with Gasteiger partial charge < -0.3 is 10.4 Å². The molecule has 0 spiro atoms. The molecule has 0 aliphatic carbocycles. The van der Waals surface area contributed by atoms with E-state index in [1.54, 1.807) is 0 Å². The summed E-state index contributed by atoms with van der Waals surface area (Å²) < 4.78 is 5.75. The number of nitrogens with one attached hydrogen (secondary N) is 2. The summed E-state index contributed by atoms with van der Waals surface area (Å²) in [4.78, 5) is 10.1. The molecule has 0 aromatic carbocycles. The number of hydrogen-bond acceptors (Lipinski definition) is 3. The summed E-state index contributed by atoms with van der Waals surface area (Å²) in [7, 11) is 4.01. The van der Waals surface area contributed by atoms with Crippen LogP contribution < -0.4 is 5.32 Å². The highest BCUT2D eigenvalue weighted by atomic mass is 31.0. The Morgan fingerprint density at radius 2 is 2.56 bits per heavy atom. The Kier molecular flexibility index (Phi) is 9.95. The van der Waals surface area contributed by atoms with Gasteiger partial charge in [-0.25, -0.2) is 0 Å². The third-order valence-electron chi connectivity index (χ3n) is 0.618. The third kappa shape index (κ3) is 11.2. The van der Waals surface area contributed by atoms with E-state index in [1.807, 2.05) is 0 Å². The summed E-state index contributed by atoms with van der Waals surface area (Å²) in [6, 6.07) is 0. The number of rotatable bonds is 2. The molecule has 0 bridgehead atoms. The molecule has 0 heterocycles. The first-order chi connectivity index (χ1) is 4.72. The van der Waals surface area contributed by atoms with Gasteiger partial charge in [0.25, 0.3) is 0 Å². The van der Waals surface area contributed by atoms with Crippen molar-refractivity contribution in [1.29, 1.82) is 5.15 Å². The average Bonchev–Trinajstić information content (AvgIpc) is 1.90. The van der Waals surface area contributed by atoms with Gasteiger partial charge in [0, 0.05) is 13.5 Å². The van der Waals surface area contributed by atoms with Crippen molar-refractivity contribution in [2.75, 3.05) is 13.7 Å². The topological polar surface area (TPSA) is 73.2 Å². The fourth-order valence-electron chi connectivity index (χ4n) is 0.227. The van der Waals surface area contributed by atoms with E-state index in [1.165, 1.54) is 7.05 Å². The molecule has 3 N–H and O–H groups in total. The molecule has 0 saturated heterocycles. The van der Waals surface area contributed by atoms with Gasteiger partial charge in [0.05, 0.1) is 6.61 Å². The molecule has 0 aromatic heterocycles. The Balaban J connectivity index is 0. The van der Waals surface area contributed by atoms with Crippen molar-refractivity contribution in [3.8, 4) is 0 Å². The highest BCUT2D eigenvalue weighted by Crippen LogP contribution is 1.71. The quantitative estimate of drug-likeness (QED) is 0.486. The van der Waals surface area contributed by atoms with Crippen LogP contribution in [0.2, 0.25) is 1.41 Å². The smallest absolute Gasteiger partial charge is 0.222 e. The summed E-state index contributed by atoms with van der Waals surface area (Å²) in [5.41, 5.74) is 0. The number of hydrogen-bond donors (Lipinski definition) is 3. The maximum Gasteiger partial charge on any atom is 0.222 e. The SMILES string of the molecule is CNC(=O)CCO.[2H]N=P. The van der Waals surface area contributed by atoms with Crippen LogP contribution >= 0.6 is 9.03 Å². The normalized spacial score (nSPS) is 8.00. The van der Waals surface area contributed by atoms with E-state index >= 15 is 0 Å². The second-order valence-corrected chi connectivity index (χ2v) is 1.15. The monoisotopic (exact) mass is 151 g/mol. The van der Waals surface area contributed by atoms with E-state index in [0.29, 0.717) is 0 Å². The number of amides is 1. The van der Waals surface area contributed by atoms with Crippen LogP contribution in [0.1, 0.15) is 6.42 Å². The summed E-state index contributed by atoms with van der Waals surface area (Å²) in [5.74, 6) is -0.123. The van der Waals surface area contributed by atoms with Crippen molar-refractivity contribution in [3.05, 3.63) is 0 Å². The van der Waals surface area contributed by atoms with Crippen molar-refractivity contribution in [3.63, 3.8) is 0 Å². The van der Waals surface area contributed by atoms with Gasteiger partial charge in [-0.2, -0.15) is 0 Å². The molecule has 0 aromatic rings. The molecule has 0 atom stereocenters. The zero-order chi connectivity index (χ0) is 8.41. The van der Waals surface area contributed by atoms with E-state index in [0.717, 1.165) is 0 Å². The van der Waals surface area contributed by atoms with E-state index in [2.05, 4.69) is 19.5 Å². The molecule has 0 aliphatic rings. The highest BCUT2D eigenvalue weighted by molar-refractivity contribution is 7.02. The number of carbonyl (C=O) groups excluding carboxylic acids is 1. The van der Waals surface area contributed by atoms with E-state index in [4.69, 9.17) is 6.52 Å². The number of aliphatic hydroxyl groups excluding tert-OH is 1. The molecule has 9 heavy (non-hydrogen) atoms. The van der Waals surface area contributed by atoms with Crippen LogP contribution in [-0.4, -0.2) is 24.7 Å². The van der Waals surface area contributed by atoms with Gasteiger partial charge >= 0.3 is 0 Å². The lowest BCUT2D eigenvalue weighted by molar-refractivity contribution is -0.121. The molecule has 0 rings (SSSR count). The lowest BCUT2D eigenvalue weighted by Crippen LogP contribution is -2.18. The van der Waals surface area contributed by atoms with Crippen LogP contribution in [-0.2, 0) is 4.79 Å². The Morgan fingerprint density at radius 1 is 2.11 bits per heavy atom. The molecule has 5 heteroatoms. The second-order valence-electron chi connectivity index (χ2n) is 1.15. The van der Waals surface area contributed by atoms with Gasteiger partial charge in [0.1, 0.15) is 0 Å². The largest absolute Gasteiger partial charge is 0.396 e. The summed E-state index contributed by atoms with van der Waals surface area (Å²) in [6.07, 6.45) is 0.205. The lowest BCUT2D eigenvalue weighted by atomic mass is 10.4. The molecule has 1 amide bonds. The highest BCUT2D eigenvalue weighted by Gasteiger charge is 1.90. The molecule has 4 nitrogen and oxygen atoms in total. The zero-order valence-electron chi connectivity index (χ0n) is 6.22. The van der Waals surface area contributed by atoms with Gasteiger partial charge in [0.15, 0.2) is 1.41 Å². The first-order valence-corrected chi connectivity index (χ1v) is 2.79. The van der Waals surface area contributed by atoms with Crippen molar-refractivity contribution in [2.24, 2.45) is 0 Å². The number of aliphatic hydroxyl groups is 1. The zero-order valence-corrected chi connectivity index (χ0v) is 6.22. The van der Waals surface area contributed by atoms with Crippen molar-refractivity contribution < 1.29 is 11.3 Å². The van der Waals surface area contributed by atoms with Crippen molar-refractivity contribution >= 4 is 14.9 Å². The van der Waals surface area contributed by atoms with Crippen LogP contribution in [0.25, 0.3) is 0 Å². The fourth-order valence-corrected chi connectivity index (χ4v) is 0.227. The van der Waals surface area contributed by atoms with Gasteiger partial charge in [-0.15, -0.1) is 0 Å². The third-order valence-corrected chi connectivity index (χ3v) is 0.618. The van der Waals surface area contributed by atoms with E-state index in [-0.39, 0.29) is 18.9 Å². The molecule has 54 valence electrons. The lowest BCUT2D eigenvalue weighted by Gasteiger charge is -1.91. The Labute approximate surface area is 57.8 Å². The Bertz CT molecular complexity index is 101. The minimum absolute atomic E-state index is 0.0698. The van der Waals surface area contributed by atoms with E-state index < -0.39 is 0 Å². The molecule has 0 fully saturated rings. The minimum Gasteiger partial charge on any atom is -0.396 e. The van der Waals surface area contributed by atoms with Crippen LogP contribution in [0, 0.1) is 5.15 Å². The van der Waals surface area contributed by atoms with Crippen LogP contribution in [0.15, 0.2) is 0 Å². The fraction of sp³-hybridized carbons (Fsp3) is 0.750. The Morgan fingerprint density at radius 3 is 2.67 bits per heavy atom. The maximum absolute atomic E-state index is 10.1. The molecular weight excluding hydrogens is 139 g/mol. The first-order valence-electron chi connectivity index (χ1n) is 2.79. The summed E-state index contributed by atoms with van der Waals surface area (Å²) in [5, 5.41) is 13.0. The average molecular weight is 151 g/mol. The van der Waals surface area contributed by atoms with Crippen molar-refractivity contribution in [2.45, 2.75) is 6.42 Å². The van der Waals surface area contributed by atoms with Gasteiger partial charge in [-0.1, -0.05) is 0 Å². The second kappa shape index (κ2) is 10.5. The predicted octanol–water partition coefficient (Wildman–Crippen LogP) is 0.00637.